The van der Waals surface area contributed by atoms with Gasteiger partial charge in [-0.1, -0.05) is 0 Å². The number of hydrogen-bond donors (Lipinski definition) is 3. The minimum Gasteiger partial charge on any atom is -0.387 e. The van der Waals surface area contributed by atoms with E-state index in [4.69, 9.17) is 4.74 Å². The number of halogens is 1. The van der Waals surface area contributed by atoms with Gasteiger partial charge in [0.2, 0.25) is 0 Å². The zero-order valence-electron chi connectivity index (χ0n) is 11.0. The third-order valence-corrected chi connectivity index (χ3v) is 4.46. The predicted octanol–water partition coefficient (Wildman–Crippen LogP) is -1.35. The van der Waals surface area contributed by atoms with Crippen LogP contribution in [0.4, 0.5) is 4.39 Å². The molecule has 4 rings (SSSR count). The van der Waals surface area contributed by atoms with E-state index in [9.17, 15) is 24.2 Å². The van der Waals surface area contributed by atoms with Gasteiger partial charge < -0.3 is 19.7 Å². The Labute approximate surface area is 116 Å². The fraction of sp³-hybridized carbons (Fsp3) is 0.667. The highest BCUT2D eigenvalue weighted by molar-refractivity contribution is 5.24. The van der Waals surface area contributed by atoms with Crippen LogP contribution in [0, 0.1) is 6.92 Å². The summed E-state index contributed by atoms with van der Waals surface area (Å²) in [4.78, 5) is 25.3. The van der Waals surface area contributed by atoms with E-state index in [1.54, 1.807) is 0 Å². The van der Waals surface area contributed by atoms with Gasteiger partial charge in [0.1, 0.15) is 17.9 Å². The van der Waals surface area contributed by atoms with Crippen molar-refractivity contribution in [3.8, 4) is 0 Å². The van der Waals surface area contributed by atoms with E-state index in [1.165, 1.54) is 13.1 Å². The minimum absolute atomic E-state index is 0.0829. The second kappa shape index (κ2) is 3.43. The molecule has 5 atom stereocenters. The van der Waals surface area contributed by atoms with Crippen LogP contribution in [0.1, 0.15) is 24.6 Å². The van der Waals surface area contributed by atoms with Gasteiger partial charge in [-0.05, 0) is 6.92 Å². The summed E-state index contributed by atoms with van der Waals surface area (Å²) in [7, 11) is 0. The molecule has 0 bridgehead atoms. The fourth-order valence-electron chi connectivity index (χ4n) is 3.35. The lowest BCUT2D eigenvalue weighted by molar-refractivity contribution is -0.157. The van der Waals surface area contributed by atoms with Crippen LogP contribution in [0.25, 0.3) is 0 Å². The number of nitrogens with one attached hydrogen (secondary N) is 1. The number of alkyl halides is 1. The third kappa shape index (κ3) is 1.46. The summed E-state index contributed by atoms with van der Waals surface area (Å²) in [6.45, 7) is 1.52. The first-order valence-corrected chi connectivity index (χ1v) is 6.50. The lowest BCUT2D eigenvalue weighted by Gasteiger charge is -2.22. The van der Waals surface area contributed by atoms with Crippen molar-refractivity contribution in [3.05, 3.63) is 32.6 Å². The van der Waals surface area contributed by atoms with Crippen LogP contribution in [0.2, 0.25) is 0 Å². The fourth-order valence-corrected chi connectivity index (χ4v) is 3.35. The molecule has 3 N–H and O–H groups in total. The van der Waals surface area contributed by atoms with Crippen molar-refractivity contribution in [1.29, 1.82) is 0 Å². The van der Waals surface area contributed by atoms with Crippen molar-refractivity contribution in [3.63, 3.8) is 0 Å². The number of epoxide rings is 1. The Morgan fingerprint density at radius 1 is 1.48 bits per heavy atom. The number of aromatic nitrogens is 2. The number of aliphatic hydroxyl groups is 2. The van der Waals surface area contributed by atoms with E-state index < -0.39 is 47.2 Å². The molecule has 114 valence electrons. The van der Waals surface area contributed by atoms with Crippen LogP contribution < -0.4 is 11.2 Å². The molecule has 1 aliphatic carbocycles. The summed E-state index contributed by atoms with van der Waals surface area (Å²) in [5.41, 5.74) is -2.53. The summed E-state index contributed by atoms with van der Waals surface area (Å²) < 4.78 is 25.1. The molecule has 2 saturated heterocycles. The number of ether oxygens (including phenoxy) is 2. The summed E-state index contributed by atoms with van der Waals surface area (Å²) in [5, 5.41) is 20.4. The van der Waals surface area contributed by atoms with Crippen LogP contribution in [-0.4, -0.2) is 43.1 Å². The Morgan fingerprint density at radius 3 is 2.86 bits per heavy atom. The number of fused-ring (bicyclic) bond motifs is 3. The van der Waals surface area contributed by atoms with Crippen LogP contribution in [0.3, 0.4) is 0 Å². The summed E-state index contributed by atoms with van der Waals surface area (Å²) in [6.07, 6.45) is -1.40. The van der Waals surface area contributed by atoms with E-state index in [-0.39, 0.29) is 6.42 Å². The van der Waals surface area contributed by atoms with Crippen molar-refractivity contribution in [1.82, 2.24) is 9.55 Å². The molecule has 3 aliphatic rings. The highest BCUT2D eigenvalue weighted by Gasteiger charge is 2.88. The van der Waals surface area contributed by atoms with E-state index >= 15 is 0 Å². The number of aryl methyl sites for hydroxylation is 1. The van der Waals surface area contributed by atoms with Gasteiger partial charge in [0.15, 0.2) is 0 Å². The van der Waals surface area contributed by atoms with Gasteiger partial charge >= 0.3 is 5.69 Å². The second-order valence-corrected chi connectivity index (χ2v) is 5.96. The first kappa shape index (κ1) is 13.1. The largest absolute Gasteiger partial charge is 0.387 e. The topological polar surface area (TPSA) is 117 Å². The van der Waals surface area contributed by atoms with Gasteiger partial charge in [-0.3, -0.25) is 14.3 Å². The monoisotopic (exact) mass is 300 g/mol. The summed E-state index contributed by atoms with van der Waals surface area (Å²) in [5.74, 6) is -4.46. The zero-order valence-corrected chi connectivity index (χ0v) is 11.0. The molecular weight excluding hydrogens is 287 g/mol. The number of rotatable bonds is 1. The summed E-state index contributed by atoms with van der Waals surface area (Å²) in [6, 6.07) is 0. The van der Waals surface area contributed by atoms with Crippen LogP contribution >= 0.6 is 0 Å². The Kier molecular flexibility index (Phi) is 2.15. The molecule has 0 radical (unpaired) electrons. The molecule has 0 amide bonds. The lowest BCUT2D eigenvalue weighted by atomic mass is 9.96. The maximum absolute atomic E-state index is 13.9. The van der Waals surface area contributed by atoms with Gasteiger partial charge in [0, 0.05) is 24.6 Å². The zero-order chi connectivity index (χ0) is 15.2. The highest BCUT2D eigenvalue weighted by atomic mass is 19.2. The average Bonchev–Trinajstić information content (AvgIpc) is 2.67. The Hall–Kier alpha value is -1.55. The molecule has 0 aromatic carbocycles. The Bertz CT molecular complexity index is 761. The maximum Gasteiger partial charge on any atom is 0.330 e. The molecule has 2 aliphatic heterocycles. The van der Waals surface area contributed by atoms with Gasteiger partial charge in [-0.25, -0.2) is 9.18 Å². The van der Waals surface area contributed by atoms with Crippen molar-refractivity contribution < 1.29 is 24.1 Å². The molecule has 1 aromatic rings. The lowest BCUT2D eigenvalue weighted by Crippen LogP contribution is -2.42. The van der Waals surface area contributed by atoms with E-state index in [1.807, 2.05) is 0 Å². The molecule has 9 heteroatoms. The van der Waals surface area contributed by atoms with Crippen LogP contribution in [-0.2, 0) is 9.47 Å². The van der Waals surface area contributed by atoms with Gasteiger partial charge in [-0.2, -0.15) is 0 Å². The summed E-state index contributed by atoms with van der Waals surface area (Å²) >= 11 is 0. The highest BCUT2D eigenvalue weighted by Crippen LogP contribution is 2.67. The molecule has 8 nitrogen and oxygen atoms in total. The van der Waals surface area contributed by atoms with Gasteiger partial charge in [-0.15, -0.1) is 0 Å². The van der Waals surface area contributed by atoms with E-state index in [0.717, 1.165) is 4.57 Å². The number of nitrogens with zero attached hydrogens (tertiary/aromatic N) is 1. The number of aromatic amines is 1. The number of H-pyrrole nitrogens is 1. The van der Waals surface area contributed by atoms with E-state index in [2.05, 4.69) is 9.72 Å². The molecule has 1 saturated carbocycles. The SMILES string of the molecule is Cc1cn([C@H]2C[C@@]3(O)C[C@]4(F)O[C@]4(O)[C@H]3O2)c(=O)[nH]c1=O. The molecule has 3 heterocycles. The molecule has 3 fully saturated rings. The smallest absolute Gasteiger partial charge is 0.330 e. The second-order valence-electron chi connectivity index (χ2n) is 5.96. The standard InChI is InChI=1S/C12H13FN2O6/c1-5-3-15(9(17)14-7(5)16)6-2-10(18)4-11(13)12(19,21-11)8(10)20-6/h3,6,8,18-19H,2,4H2,1H3,(H,14,16,17)/t6-,8+,10-,11+,12-/m1/s1. The van der Waals surface area contributed by atoms with E-state index in [0.29, 0.717) is 5.56 Å². The Morgan fingerprint density at radius 2 is 2.19 bits per heavy atom. The number of hydrogen-bond acceptors (Lipinski definition) is 6. The minimum atomic E-state index is -2.29. The van der Waals surface area contributed by atoms with Crippen molar-refractivity contribution in [2.24, 2.45) is 0 Å². The molecule has 21 heavy (non-hydrogen) atoms. The van der Waals surface area contributed by atoms with Gasteiger partial charge in [0.05, 0.1) is 0 Å². The predicted molar refractivity (Wildman–Crippen MR) is 64.0 cm³/mol. The van der Waals surface area contributed by atoms with Gasteiger partial charge in [0.25, 0.3) is 17.2 Å². The Balaban J connectivity index is 1.71. The maximum atomic E-state index is 13.9. The van der Waals surface area contributed by atoms with Crippen molar-refractivity contribution in [2.75, 3.05) is 0 Å². The molecular formula is C12H13FN2O6. The quantitative estimate of drug-likeness (QED) is 0.552. The molecule has 1 aromatic heterocycles. The van der Waals surface area contributed by atoms with Crippen LogP contribution in [0.15, 0.2) is 15.8 Å². The third-order valence-electron chi connectivity index (χ3n) is 4.46. The normalized spacial score (nSPS) is 47.2. The average molecular weight is 300 g/mol. The van der Waals surface area contributed by atoms with Crippen molar-refractivity contribution in [2.45, 2.75) is 49.3 Å². The molecule has 0 unspecified atom stereocenters. The first-order chi connectivity index (χ1) is 9.68. The van der Waals surface area contributed by atoms with Crippen molar-refractivity contribution >= 4 is 0 Å². The molecule has 0 spiro atoms. The van der Waals surface area contributed by atoms with Crippen LogP contribution in [0.5, 0.6) is 0 Å². The first-order valence-electron chi connectivity index (χ1n) is 6.50.